The number of rotatable bonds is 5. The number of benzene rings is 1. The maximum atomic E-state index is 12.9. The summed E-state index contributed by atoms with van der Waals surface area (Å²) in [6.07, 6.45) is 2.21. The van der Waals surface area contributed by atoms with Crippen LogP contribution in [-0.2, 0) is 28.2 Å². The summed E-state index contributed by atoms with van der Waals surface area (Å²) in [5.74, 6) is -0.311. The van der Waals surface area contributed by atoms with Crippen LogP contribution < -0.4 is 10.5 Å². The van der Waals surface area contributed by atoms with Crippen molar-refractivity contribution in [3.63, 3.8) is 0 Å². The standard InChI is InChI=1S/C18H21N5O4S/c1-12(2)23(13-8-6-5-7-9-13)14(24)10-22-11-19-16-15(18(22)25)17(20-21(16)3)28(4,26)27/h5-9,11-12H,10H2,1-4H3. The first-order valence-electron chi connectivity index (χ1n) is 8.60. The first kappa shape index (κ1) is 19.7. The zero-order valence-electron chi connectivity index (χ0n) is 16.0. The Hall–Kier alpha value is -3.01. The normalized spacial score (nSPS) is 11.9. The molecule has 3 rings (SSSR count). The van der Waals surface area contributed by atoms with Crippen LogP contribution in [0.4, 0.5) is 5.69 Å². The monoisotopic (exact) mass is 403 g/mol. The van der Waals surface area contributed by atoms with Gasteiger partial charge >= 0.3 is 0 Å². The molecule has 9 nitrogen and oxygen atoms in total. The van der Waals surface area contributed by atoms with Gasteiger partial charge in [-0.1, -0.05) is 18.2 Å². The van der Waals surface area contributed by atoms with Crippen LogP contribution >= 0.6 is 0 Å². The number of anilines is 1. The van der Waals surface area contributed by atoms with Crippen LogP contribution in [-0.4, -0.2) is 46.0 Å². The topological polar surface area (TPSA) is 107 Å². The molecule has 1 amide bonds. The van der Waals surface area contributed by atoms with Gasteiger partial charge in [-0.05, 0) is 26.0 Å². The lowest BCUT2D eigenvalue weighted by molar-refractivity contribution is -0.119. The van der Waals surface area contributed by atoms with Crippen LogP contribution in [0, 0.1) is 0 Å². The van der Waals surface area contributed by atoms with Crippen molar-refractivity contribution in [1.82, 2.24) is 19.3 Å². The lowest BCUT2D eigenvalue weighted by atomic mass is 10.2. The van der Waals surface area contributed by atoms with Crippen LogP contribution in [0.25, 0.3) is 11.0 Å². The molecule has 0 aliphatic rings. The van der Waals surface area contributed by atoms with Crippen molar-refractivity contribution >= 4 is 32.5 Å². The van der Waals surface area contributed by atoms with Gasteiger partial charge in [0.1, 0.15) is 18.3 Å². The number of carbonyl (C=O) groups is 1. The van der Waals surface area contributed by atoms with Gasteiger partial charge in [0.25, 0.3) is 5.56 Å². The summed E-state index contributed by atoms with van der Waals surface area (Å²) in [6.45, 7) is 3.48. The second-order valence-corrected chi connectivity index (χ2v) is 8.70. The van der Waals surface area contributed by atoms with E-state index in [-0.39, 0.29) is 34.6 Å². The van der Waals surface area contributed by atoms with Crippen LogP contribution in [0.1, 0.15) is 13.8 Å². The number of sulfone groups is 1. The molecule has 0 spiro atoms. The van der Waals surface area contributed by atoms with Gasteiger partial charge in [0.15, 0.2) is 20.5 Å². The Morgan fingerprint density at radius 3 is 2.43 bits per heavy atom. The molecule has 0 fully saturated rings. The van der Waals surface area contributed by atoms with Gasteiger partial charge < -0.3 is 4.90 Å². The first-order chi connectivity index (χ1) is 13.1. The Morgan fingerprint density at radius 1 is 1.21 bits per heavy atom. The number of fused-ring (bicyclic) bond motifs is 1. The summed E-state index contributed by atoms with van der Waals surface area (Å²) in [5.41, 5.74) is 0.240. The third-order valence-corrected chi connectivity index (χ3v) is 5.24. The molecule has 3 aromatic rings. The molecule has 2 heterocycles. The lowest BCUT2D eigenvalue weighted by Gasteiger charge is -2.27. The molecule has 0 saturated carbocycles. The minimum absolute atomic E-state index is 0.115. The van der Waals surface area contributed by atoms with E-state index < -0.39 is 15.4 Å². The summed E-state index contributed by atoms with van der Waals surface area (Å²) in [7, 11) is -2.22. The number of hydrogen-bond acceptors (Lipinski definition) is 6. The lowest BCUT2D eigenvalue weighted by Crippen LogP contribution is -2.41. The zero-order chi connectivity index (χ0) is 20.6. The largest absolute Gasteiger partial charge is 0.308 e. The molecule has 148 valence electrons. The predicted molar refractivity (Wildman–Crippen MR) is 105 cm³/mol. The van der Waals surface area contributed by atoms with Crippen LogP contribution in [0.5, 0.6) is 0 Å². The van der Waals surface area contributed by atoms with Crippen LogP contribution in [0.2, 0.25) is 0 Å². The van der Waals surface area contributed by atoms with Crippen LogP contribution in [0.15, 0.2) is 46.5 Å². The fourth-order valence-corrected chi connectivity index (χ4v) is 3.88. The maximum Gasteiger partial charge on any atom is 0.266 e. The molecule has 0 N–H and O–H groups in total. The van der Waals surface area contributed by atoms with E-state index in [2.05, 4.69) is 10.1 Å². The Balaban J connectivity index is 2.06. The highest BCUT2D eigenvalue weighted by Crippen LogP contribution is 2.18. The van der Waals surface area contributed by atoms with E-state index in [0.717, 1.165) is 10.8 Å². The van der Waals surface area contributed by atoms with Crippen molar-refractivity contribution in [2.24, 2.45) is 7.05 Å². The summed E-state index contributed by atoms with van der Waals surface area (Å²) < 4.78 is 26.4. The molecule has 0 saturated heterocycles. The van der Waals surface area contributed by atoms with Crippen molar-refractivity contribution in [1.29, 1.82) is 0 Å². The van der Waals surface area contributed by atoms with E-state index in [0.29, 0.717) is 5.69 Å². The average Bonchev–Trinajstić information content (AvgIpc) is 2.96. The van der Waals surface area contributed by atoms with Gasteiger partial charge in [-0.15, -0.1) is 0 Å². The Morgan fingerprint density at radius 2 is 1.86 bits per heavy atom. The summed E-state index contributed by atoms with van der Waals surface area (Å²) in [6, 6.07) is 8.99. The van der Waals surface area contributed by atoms with E-state index in [1.807, 2.05) is 44.2 Å². The van der Waals surface area contributed by atoms with E-state index in [1.54, 1.807) is 4.90 Å². The smallest absolute Gasteiger partial charge is 0.266 e. The third kappa shape index (κ3) is 3.55. The SMILES string of the molecule is CC(C)N(C(=O)Cn1cnc2c(c(S(C)(=O)=O)nn2C)c1=O)c1ccccc1. The second kappa shape index (κ2) is 7.19. The molecule has 0 aliphatic carbocycles. The minimum Gasteiger partial charge on any atom is -0.308 e. The molecule has 0 radical (unpaired) electrons. The molecule has 0 bridgehead atoms. The number of aryl methyl sites for hydroxylation is 1. The Labute approximate surface area is 162 Å². The van der Waals surface area contributed by atoms with Gasteiger partial charge in [0, 0.05) is 25.0 Å². The van der Waals surface area contributed by atoms with Gasteiger partial charge in [-0.25, -0.2) is 18.1 Å². The molecule has 0 aliphatic heterocycles. The van der Waals surface area contributed by atoms with Gasteiger partial charge in [-0.2, -0.15) is 5.10 Å². The Kier molecular flexibility index (Phi) is 5.07. The average molecular weight is 403 g/mol. The van der Waals surface area contributed by atoms with Gasteiger partial charge in [0.2, 0.25) is 5.91 Å². The second-order valence-electron chi connectivity index (χ2n) is 6.77. The van der Waals surface area contributed by atoms with Crippen molar-refractivity contribution in [3.05, 3.63) is 47.0 Å². The summed E-state index contributed by atoms with van der Waals surface area (Å²) >= 11 is 0. The molecular weight excluding hydrogens is 382 g/mol. The highest BCUT2D eigenvalue weighted by atomic mass is 32.2. The number of aromatic nitrogens is 4. The molecular formula is C18H21N5O4S. The van der Waals surface area contributed by atoms with E-state index in [4.69, 9.17) is 0 Å². The first-order valence-corrected chi connectivity index (χ1v) is 10.5. The molecule has 1 aromatic carbocycles. The van der Waals surface area contributed by atoms with E-state index in [1.165, 1.54) is 18.1 Å². The number of nitrogens with zero attached hydrogens (tertiary/aromatic N) is 5. The zero-order valence-corrected chi connectivity index (χ0v) is 16.8. The number of carbonyl (C=O) groups excluding carboxylic acids is 1. The Bertz CT molecular complexity index is 1200. The maximum absolute atomic E-state index is 12.9. The van der Waals surface area contributed by atoms with Crippen molar-refractivity contribution in [2.75, 3.05) is 11.2 Å². The number of amides is 1. The fourth-order valence-electron chi connectivity index (χ4n) is 3.06. The van der Waals surface area contributed by atoms with Crippen LogP contribution in [0.3, 0.4) is 0 Å². The number of para-hydroxylation sites is 1. The molecule has 2 aromatic heterocycles. The fraction of sp³-hybridized carbons (Fsp3) is 0.333. The molecule has 28 heavy (non-hydrogen) atoms. The van der Waals surface area contributed by atoms with Gasteiger partial charge in [0.05, 0.1) is 0 Å². The van der Waals surface area contributed by atoms with Crippen molar-refractivity contribution in [3.8, 4) is 0 Å². The predicted octanol–water partition coefficient (Wildman–Crippen LogP) is 0.975. The van der Waals surface area contributed by atoms with Crippen molar-refractivity contribution < 1.29 is 13.2 Å². The molecule has 10 heteroatoms. The molecule has 0 unspecified atom stereocenters. The highest BCUT2D eigenvalue weighted by molar-refractivity contribution is 7.90. The number of hydrogen-bond donors (Lipinski definition) is 0. The van der Waals surface area contributed by atoms with Crippen molar-refractivity contribution in [2.45, 2.75) is 31.5 Å². The van der Waals surface area contributed by atoms with Gasteiger partial charge in [-0.3, -0.25) is 14.2 Å². The summed E-state index contributed by atoms with van der Waals surface area (Å²) in [5, 5.41) is 3.46. The van der Waals surface area contributed by atoms with E-state index >= 15 is 0 Å². The third-order valence-electron chi connectivity index (χ3n) is 4.26. The molecule has 0 atom stereocenters. The summed E-state index contributed by atoms with van der Waals surface area (Å²) in [4.78, 5) is 31.6. The minimum atomic E-state index is -3.73. The quantitative estimate of drug-likeness (QED) is 0.628. The highest BCUT2D eigenvalue weighted by Gasteiger charge is 2.25. The van der Waals surface area contributed by atoms with E-state index in [9.17, 15) is 18.0 Å².